The smallest absolute Gasteiger partial charge is 0.231 e. The minimum Gasteiger partial charge on any atom is -0.339 e. The number of nitrogens with zero attached hydrogens (tertiary/aromatic N) is 2. The Kier molecular flexibility index (Phi) is 3.88. The Morgan fingerprint density at radius 3 is 2.76 bits per heavy atom. The molecular formula is C13H17N3O. The van der Waals surface area contributed by atoms with Crippen LogP contribution in [-0.2, 0) is 0 Å². The predicted octanol–water partition coefficient (Wildman–Crippen LogP) is 2.45. The molecule has 1 atom stereocenters. The van der Waals surface area contributed by atoms with Crippen molar-refractivity contribution in [2.24, 2.45) is 0 Å². The largest absolute Gasteiger partial charge is 0.339 e. The lowest BCUT2D eigenvalue weighted by molar-refractivity contribution is 0.355. The molecule has 1 unspecified atom stereocenters. The molecule has 2 aromatic rings. The van der Waals surface area contributed by atoms with Crippen molar-refractivity contribution < 1.29 is 4.52 Å². The SMILES string of the molecule is CCNCC(C)c1nc(-c2ccccc2)no1. The summed E-state index contributed by atoms with van der Waals surface area (Å²) in [5.41, 5.74) is 0.984. The molecule has 0 fully saturated rings. The molecular weight excluding hydrogens is 214 g/mol. The van der Waals surface area contributed by atoms with Crippen LogP contribution in [0.3, 0.4) is 0 Å². The van der Waals surface area contributed by atoms with Gasteiger partial charge in [-0.25, -0.2) is 0 Å². The van der Waals surface area contributed by atoms with Crippen molar-refractivity contribution in [2.45, 2.75) is 19.8 Å². The zero-order valence-electron chi connectivity index (χ0n) is 10.2. The molecule has 1 heterocycles. The van der Waals surface area contributed by atoms with Gasteiger partial charge in [-0.3, -0.25) is 0 Å². The molecule has 4 heteroatoms. The maximum absolute atomic E-state index is 5.28. The summed E-state index contributed by atoms with van der Waals surface area (Å²) < 4.78 is 5.28. The number of aromatic nitrogens is 2. The topological polar surface area (TPSA) is 51.0 Å². The molecule has 1 aromatic heterocycles. The summed E-state index contributed by atoms with van der Waals surface area (Å²) in [6.07, 6.45) is 0. The normalized spacial score (nSPS) is 12.6. The number of likely N-dealkylation sites (N-methyl/N-ethyl adjacent to an activating group) is 1. The van der Waals surface area contributed by atoms with Crippen LogP contribution in [0.15, 0.2) is 34.9 Å². The summed E-state index contributed by atoms with van der Waals surface area (Å²) in [4.78, 5) is 4.42. The van der Waals surface area contributed by atoms with E-state index in [1.54, 1.807) is 0 Å². The average Bonchev–Trinajstić information content (AvgIpc) is 2.86. The first-order valence-electron chi connectivity index (χ1n) is 5.91. The summed E-state index contributed by atoms with van der Waals surface area (Å²) in [7, 11) is 0. The van der Waals surface area contributed by atoms with E-state index in [4.69, 9.17) is 4.52 Å². The first-order valence-corrected chi connectivity index (χ1v) is 5.91. The number of nitrogens with one attached hydrogen (secondary N) is 1. The third-order valence-electron chi connectivity index (χ3n) is 2.60. The summed E-state index contributed by atoms with van der Waals surface area (Å²) >= 11 is 0. The third-order valence-corrected chi connectivity index (χ3v) is 2.60. The lowest BCUT2D eigenvalue weighted by Gasteiger charge is -2.05. The molecule has 0 saturated carbocycles. The Labute approximate surface area is 101 Å². The monoisotopic (exact) mass is 231 g/mol. The second-order valence-electron chi connectivity index (χ2n) is 4.03. The van der Waals surface area contributed by atoms with E-state index < -0.39 is 0 Å². The summed E-state index contributed by atoms with van der Waals surface area (Å²) in [5.74, 6) is 1.58. The van der Waals surface area contributed by atoms with Crippen molar-refractivity contribution in [3.8, 4) is 11.4 Å². The number of rotatable bonds is 5. The molecule has 4 nitrogen and oxygen atoms in total. The van der Waals surface area contributed by atoms with Crippen LogP contribution in [0.1, 0.15) is 25.7 Å². The van der Waals surface area contributed by atoms with E-state index in [2.05, 4.69) is 29.3 Å². The van der Waals surface area contributed by atoms with E-state index in [1.807, 2.05) is 30.3 Å². The van der Waals surface area contributed by atoms with Gasteiger partial charge in [-0.15, -0.1) is 0 Å². The Bertz CT molecular complexity index is 453. The van der Waals surface area contributed by atoms with Crippen LogP contribution in [0.4, 0.5) is 0 Å². The van der Waals surface area contributed by atoms with E-state index in [0.29, 0.717) is 11.7 Å². The summed E-state index contributed by atoms with van der Waals surface area (Å²) in [6.45, 7) is 5.96. The van der Waals surface area contributed by atoms with Crippen LogP contribution in [0.5, 0.6) is 0 Å². The molecule has 0 radical (unpaired) electrons. The number of hydrogen-bond donors (Lipinski definition) is 1. The van der Waals surface area contributed by atoms with E-state index in [9.17, 15) is 0 Å². The minimum absolute atomic E-state index is 0.236. The second kappa shape index (κ2) is 5.59. The van der Waals surface area contributed by atoms with Crippen molar-refractivity contribution in [1.82, 2.24) is 15.5 Å². The van der Waals surface area contributed by atoms with Gasteiger partial charge in [0.15, 0.2) is 0 Å². The van der Waals surface area contributed by atoms with Gasteiger partial charge in [0.25, 0.3) is 0 Å². The standard InChI is InChI=1S/C13H17N3O/c1-3-14-9-10(2)13-15-12(16-17-13)11-7-5-4-6-8-11/h4-8,10,14H,3,9H2,1-2H3. The fraction of sp³-hybridized carbons (Fsp3) is 0.385. The minimum atomic E-state index is 0.236. The third kappa shape index (κ3) is 2.91. The maximum atomic E-state index is 5.28. The Balaban J connectivity index is 2.11. The van der Waals surface area contributed by atoms with Crippen molar-refractivity contribution in [3.05, 3.63) is 36.2 Å². The Morgan fingerprint density at radius 2 is 2.06 bits per heavy atom. The summed E-state index contributed by atoms with van der Waals surface area (Å²) in [6, 6.07) is 9.85. The van der Waals surface area contributed by atoms with Gasteiger partial charge in [-0.1, -0.05) is 49.3 Å². The maximum Gasteiger partial charge on any atom is 0.231 e. The molecule has 2 rings (SSSR count). The zero-order valence-corrected chi connectivity index (χ0v) is 10.2. The molecule has 0 amide bonds. The van der Waals surface area contributed by atoms with Gasteiger partial charge >= 0.3 is 0 Å². The van der Waals surface area contributed by atoms with E-state index in [1.165, 1.54) is 0 Å². The molecule has 0 saturated heterocycles. The van der Waals surface area contributed by atoms with Crippen molar-refractivity contribution in [2.75, 3.05) is 13.1 Å². The lowest BCUT2D eigenvalue weighted by atomic mass is 10.2. The molecule has 0 bridgehead atoms. The Hall–Kier alpha value is -1.68. The highest BCUT2D eigenvalue weighted by molar-refractivity contribution is 5.53. The quantitative estimate of drug-likeness (QED) is 0.858. The molecule has 1 N–H and O–H groups in total. The molecule has 90 valence electrons. The van der Waals surface area contributed by atoms with Crippen LogP contribution in [0.2, 0.25) is 0 Å². The highest BCUT2D eigenvalue weighted by Gasteiger charge is 2.14. The van der Waals surface area contributed by atoms with Crippen LogP contribution in [-0.4, -0.2) is 23.2 Å². The average molecular weight is 231 g/mol. The molecule has 0 aliphatic heterocycles. The first kappa shape index (κ1) is 11.8. The highest BCUT2D eigenvalue weighted by atomic mass is 16.5. The lowest BCUT2D eigenvalue weighted by Crippen LogP contribution is -2.19. The van der Waals surface area contributed by atoms with Crippen molar-refractivity contribution in [3.63, 3.8) is 0 Å². The van der Waals surface area contributed by atoms with E-state index >= 15 is 0 Å². The van der Waals surface area contributed by atoms with Gasteiger partial charge in [0.1, 0.15) is 0 Å². The van der Waals surface area contributed by atoms with Crippen LogP contribution >= 0.6 is 0 Å². The number of hydrogen-bond acceptors (Lipinski definition) is 4. The van der Waals surface area contributed by atoms with E-state index in [0.717, 1.165) is 18.7 Å². The highest BCUT2D eigenvalue weighted by Crippen LogP contribution is 2.18. The first-order chi connectivity index (χ1) is 8.31. The molecule has 1 aromatic carbocycles. The van der Waals surface area contributed by atoms with Crippen LogP contribution in [0.25, 0.3) is 11.4 Å². The second-order valence-corrected chi connectivity index (χ2v) is 4.03. The Morgan fingerprint density at radius 1 is 1.29 bits per heavy atom. The number of benzene rings is 1. The van der Waals surface area contributed by atoms with Crippen LogP contribution in [0, 0.1) is 0 Å². The predicted molar refractivity (Wildman–Crippen MR) is 66.7 cm³/mol. The van der Waals surface area contributed by atoms with Gasteiger partial charge in [0.2, 0.25) is 11.7 Å². The van der Waals surface area contributed by atoms with Crippen molar-refractivity contribution in [1.29, 1.82) is 0 Å². The van der Waals surface area contributed by atoms with Gasteiger partial charge in [-0.05, 0) is 6.54 Å². The summed E-state index contributed by atoms with van der Waals surface area (Å²) in [5, 5.41) is 7.27. The zero-order chi connectivity index (χ0) is 12.1. The van der Waals surface area contributed by atoms with Gasteiger partial charge in [-0.2, -0.15) is 4.98 Å². The fourth-order valence-corrected chi connectivity index (χ4v) is 1.59. The fourth-order valence-electron chi connectivity index (χ4n) is 1.59. The van der Waals surface area contributed by atoms with Crippen molar-refractivity contribution >= 4 is 0 Å². The van der Waals surface area contributed by atoms with Crippen LogP contribution < -0.4 is 5.32 Å². The molecule has 0 aliphatic rings. The van der Waals surface area contributed by atoms with E-state index in [-0.39, 0.29) is 5.92 Å². The molecule has 0 spiro atoms. The van der Waals surface area contributed by atoms with Gasteiger partial charge in [0, 0.05) is 18.0 Å². The van der Waals surface area contributed by atoms with Gasteiger partial charge < -0.3 is 9.84 Å². The molecule has 17 heavy (non-hydrogen) atoms. The van der Waals surface area contributed by atoms with Gasteiger partial charge in [0.05, 0.1) is 0 Å². The molecule has 0 aliphatic carbocycles.